The molecule has 0 aliphatic carbocycles. The number of benzene rings is 1. The minimum absolute atomic E-state index is 0.0697. The van der Waals surface area contributed by atoms with E-state index in [0.29, 0.717) is 11.3 Å². The van der Waals surface area contributed by atoms with E-state index in [1.165, 1.54) is 4.90 Å². The largest absolute Gasteiger partial charge is 0.495 e. The minimum Gasteiger partial charge on any atom is -0.495 e. The maximum atomic E-state index is 12.4. The average molecular weight is 316 g/mol. The van der Waals surface area contributed by atoms with E-state index >= 15 is 0 Å². The van der Waals surface area contributed by atoms with E-state index in [9.17, 15) is 9.90 Å². The van der Waals surface area contributed by atoms with Gasteiger partial charge >= 0.3 is 0 Å². The summed E-state index contributed by atoms with van der Waals surface area (Å²) < 4.78 is 5.16. The third kappa shape index (κ3) is 4.28. The van der Waals surface area contributed by atoms with Crippen molar-refractivity contribution >= 4 is 5.91 Å². The predicted octanol–water partition coefficient (Wildman–Crippen LogP) is 1.18. The molecule has 1 unspecified atom stereocenters. The number of rotatable bonds is 6. The summed E-state index contributed by atoms with van der Waals surface area (Å²) in [6, 6.07) is 8.99. The first-order valence-electron chi connectivity index (χ1n) is 7.19. The molecule has 1 aromatic heterocycles. The van der Waals surface area contributed by atoms with Crippen molar-refractivity contribution in [2.45, 2.75) is 6.10 Å². The molecule has 0 radical (unpaired) electrons. The number of likely N-dealkylation sites (N-methyl/N-ethyl adjacent to an activating group) is 1. The molecule has 122 valence electrons. The van der Waals surface area contributed by atoms with Gasteiger partial charge < -0.3 is 19.8 Å². The van der Waals surface area contributed by atoms with E-state index in [4.69, 9.17) is 9.84 Å². The second kappa shape index (κ2) is 7.71. The Morgan fingerprint density at radius 2 is 2.09 bits per heavy atom. The summed E-state index contributed by atoms with van der Waals surface area (Å²) in [5, 5.41) is 18.3. The Morgan fingerprint density at radius 1 is 1.30 bits per heavy atom. The lowest BCUT2D eigenvalue weighted by Gasteiger charge is -2.20. The van der Waals surface area contributed by atoms with Crippen LogP contribution in [0, 0.1) is 0 Å². The number of carbonyl (C=O) groups excluding carboxylic acids is 1. The minimum atomic E-state index is -0.949. The van der Waals surface area contributed by atoms with E-state index in [1.807, 2.05) is 12.1 Å². The van der Waals surface area contributed by atoms with Crippen LogP contribution < -0.4 is 4.74 Å². The molecule has 23 heavy (non-hydrogen) atoms. The molecule has 0 saturated carbocycles. The third-order valence-electron chi connectivity index (χ3n) is 3.43. The van der Waals surface area contributed by atoms with Gasteiger partial charge in [-0.25, -0.2) is 0 Å². The Balaban J connectivity index is 2.23. The van der Waals surface area contributed by atoms with Crippen LogP contribution in [0.1, 0.15) is 10.4 Å². The summed E-state index contributed by atoms with van der Waals surface area (Å²) in [5.74, 6) is 0.414. The Bertz CT molecular complexity index is 675. The smallest absolute Gasteiger partial charge is 0.253 e. The van der Waals surface area contributed by atoms with Gasteiger partial charge in [0, 0.05) is 30.9 Å². The third-order valence-corrected chi connectivity index (χ3v) is 3.43. The Kier molecular flexibility index (Phi) is 5.67. The maximum absolute atomic E-state index is 12.4. The van der Waals surface area contributed by atoms with Gasteiger partial charge in [0.1, 0.15) is 5.75 Å². The molecule has 2 rings (SSSR count). The summed E-state index contributed by atoms with van der Waals surface area (Å²) >= 11 is 0. The Hall–Kier alpha value is -2.44. The summed E-state index contributed by atoms with van der Waals surface area (Å²) in [6.07, 6.45) is 2.36. The molecule has 1 aromatic carbocycles. The Morgan fingerprint density at radius 3 is 2.78 bits per heavy atom. The van der Waals surface area contributed by atoms with Crippen LogP contribution in [0.5, 0.6) is 5.75 Å². The lowest BCUT2D eigenvalue weighted by Crippen LogP contribution is -2.35. The van der Waals surface area contributed by atoms with E-state index in [1.54, 1.807) is 44.8 Å². The number of carbonyl (C=O) groups is 1. The van der Waals surface area contributed by atoms with Gasteiger partial charge in [0.15, 0.2) is 0 Å². The summed E-state index contributed by atoms with van der Waals surface area (Å²) in [5.41, 5.74) is 2.19. The molecule has 0 aliphatic rings. The van der Waals surface area contributed by atoms with Crippen LogP contribution in [0.15, 0.2) is 42.7 Å². The first-order chi connectivity index (χ1) is 11.0. The normalized spacial score (nSPS) is 11.8. The Labute approximate surface area is 135 Å². The van der Waals surface area contributed by atoms with Gasteiger partial charge in [-0.05, 0) is 23.8 Å². The lowest BCUT2D eigenvalue weighted by atomic mass is 10.0. The highest BCUT2D eigenvalue weighted by Gasteiger charge is 2.15. The second-order valence-corrected chi connectivity index (χ2v) is 5.22. The highest BCUT2D eigenvalue weighted by Crippen LogP contribution is 2.23. The van der Waals surface area contributed by atoms with Crippen LogP contribution in [-0.2, 0) is 0 Å². The van der Waals surface area contributed by atoms with E-state index < -0.39 is 6.10 Å². The zero-order valence-electron chi connectivity index (χ0n) is 13.1. The zero-order valence-corrected chi connectivity index (χ0v) is 13.1. The van der Waals surface area contributed by atoms with E-state index in [0.717, 1.165) is 11.1 Å². The fourth-order valence-corrected chi connectivity index (χ4v) is 2.20. The molecule has 1 heterocycles. The fourth-order valence-electron chi connectivity index (χ4n) is 2.20. The number of hydrogen-bond acceptors (Lipinski definition) is 5. The molecule has 2 N–H and O–H groups in total. The molecule has 0 fully saturated rings. The number of methoxy groups -OCH3 is 1. The number of aliphatic hydroxyl groups is 2. The lowest BCUT2D eigenvalue weighted by molar-refractivity contribution is 0.0520. The number of aliphatic hydroxyl groups excluding tert-OH is 2. The number of hydrogen-bond donors (Lipinski definition) is 2. The molecular formula is C17H20N2O4. The average Bonchev–Trinajstić information content (AvgIpc) is 2.61. The van der Waals surface area contributed by atoms with Gasteiger partial charge in [0.2, 0.25) is 0 Å². The maximum Gasteiger partial charge on any atom is 0.253 e. The van der Waals surface area contributed by atoms with Gasteiger partial charge in [-0.2, -0.15) is 0 Å². The number of ether oxygens (including phenoxy) is 1. The fraction of sp³-hybridized carbons (Fsp3) is 0.294. The van der Waals surface area contributed by atoms with Crippen LogP contribution >= 0.6 is 0 Å². The number of nitrogens with zero attached hydrogens (tertiary/aromatic N) is 2. The highest BCUT2D eigenvalue weighted by atomic mass is 16.5. The van der Waals surface area contributed by atoms with Gasteiger partial charge in [0.05, 0.1) is 26.0 Å². The molecule has 1 atom stereocenters. The van der Waals surface area contributed by atoms with Crippen LogP contribution in [0.4, 0.5) is 0 Å². The van der Waals surface area contributed by atoms with Crippen LogP contribution in [-0.4, -0.2) is 59.4 Å². The van der Waals surface area contributed by atoms with Crippen molar-refractivity contribution < 1.29 is 19.7 Å². The monoisotopic (exact) mass is 316 g/mol. The summed E-state index contributed by atoms with van der Waals surface area (Å²) in [4.78, 5) is 17.9. The van der Waals surface area contributed by atoms with E-state index in [-0.39, 0.29) is 19.1 Å². The SMILES string of the molecule is COc1cncc(-c2cccc(C(=O)N(C)CC(O)CO)c2)c1. The molecule has 6 heteroatoms. The van der Waals surface area contributed by atoms with Crippen molar-refractivity contribution in [3.63, 3.8) is 0 Å². The quantitative estimate of drug-likeness (QED) is 0.836. The molecule has 6 nitrogen and oxygen atoms in total. The topological polar surface area (TPSA) is 82.9 Å². The van der Waals surface area contributed by atoms with Crippen molar-refractivity contribution in [3.05, 3.63) is 48.3 Å². The van der Waals surface area contributed by atoms with E-state index in [2.05, 4.69) is 4.98 Å². The summed E-state index contributed by atoms with van der Waals surface area (Å²) in [6.45, 7) is -0.312. The number of pyridine rings is 1. The van der Waals surface area contributed by atoms with Crippen molar-refractivity contribution in [2.75, 3.05) is 27.3 Å². The van der Waals surface area contributed by atoms with Gasteiger partial charge in [-0.15, -0.1) is 0 Å². The molecular weight excluding hydrogens is 296 g/mol. The predicted molar refractivity (Wildman–Crippen MR) is 86.3 cm³/mol. The van der Waals surface area contributed by atoms with Crippen LogP contribution in [0.25, 0.3) is 11.1 Å². The van der Waals surface area contributed by atoms with Crippen molar-refractivity contribution in [3.8, 4) is 16.9 Å². The molecule has 0 aliphatic heterocycles. The molecule has 0 bridgehead atoms. The molecule has 0 saturated heterocycles. The van der Waals surface area contributed by atoms with Crippen molar-refractivity contribution in [1.29, 1.82) is 0 Å². The second-order valence-electron chi connectivity index (χ2n) is 5.22. The van der Waals surface area contributed by atoms with Crippen molar-refractivity contribution in [2.24, 2.45) is 0 Å². The number of amides is 1. The van der Waals surface area contributed by atoms with Crippen LogP contribution in [0.2, 0.25) is 0 Å². The number of aromatic nitrogens is 1. The summed E-state index contributed by atoms with van der Waals surface area (Å²) in [7, 11) is 3.16. The molecule has 0 spiro atoms. The first-order valence-corrected chi connectivity index (χ1v) is 7.19. The van der Waals surface area contributed by atoms with Crippen molar-refractivity contribution in [1.82, 2.24) is 9.88 Å². The molecule has 1 amide bonds. The van der Waals surface area contributed by atoms with Gasteiger partial charge in [0.25, 0.3) is 5.91 Å². The van der Waals surface area contributed by atoms with Crippen LogP contribution in [0.3, 0.4) is 0 Å². The van der Waals surface area contributed by atoms with Gasteiger partial charge in [-0.1, -0.05) is 12.1 Å². The zero-order chi connectivity index (χ0) is 16.8. The first kappa shape index (κ1) is 16.9. The molecule has 2 aromatic rings. The standard InChI is InChI=1S/C17H20N2O4/c1-19(10-15(21)11-20)17(22)13-5-3-4-12(6-13)14-7-16(23-2)9-18-8-14/h3-9,15,20-21H,10-11H2,1-2H3. The highest BCUT2D eigenvalue weighted by molar-refractivity contribution is 5.95. The van der Waals surface area contributed by atoms with Gasteiger partial charge in [-0.3, -0.25) is 9.78 Å².